The van der Waals surface area contributed by atoms with Gasteiger partial charge in [0.2, 0.25) is 0 Å². The molecule has 0 unspecified atom stereocenters. The fraction of sp³-hybridized carbons (Fsp3) is 0.302. The van der Waals surface area contributed by atoms with Gasteiger partial charge in [0.15, 0.2) is 69.8 Å². The number of rotatable bonds is 14. The largest absolute Gasteiger partial charge is 0.377 e. The molecule has 10 aromatic carbocycles. The minimum Gasteiger partial charge on any atom is -0.290 e. The predicted octanol–water partition coefficient (Wildman–Crippen LogP) is 20.6. The summed E-state index contributed by atoms with van der Waals surface area (Å²) in [7, 11) is -7.88. The Morgan fingerprint density at radius 2 is 0.456 bits per heavy atom. The maximum Gasteiger partial charge on any atom is 0.377 e. The molecule has 10 aromatic rings. The lowest BCUT2D eigenvalue weighted by Crippen LogP contribution is -2.72. The number of hydrogen-bond donors (Lipinski definition) is 0. The second-order valence-corrected chi connectivity index (χ2v) is 37.9. The highest BCUT2D eigenvalue weighted by atomic mass is 31.2. The molecule has 14 rings (SSSR count). The summed E-state index contributed by atoms with van der Waals surface area (Å²) in [6, 6.07) is 31.3. The van der Waals surface area contributed by atoms with Gasteiger partial charge in [0.1, 0.15) is 73.9 Å². The minimum atomic E-state index is -4.51. The zero-order chi connectivity index (χ0) is 82.9. The Hall–Kier alpha value is -8.69. The van der Waals surface area contributed by atoms with E-state index in [1.807, 2.05) is 76.2 Å². The standard InChI is InChI=1S/2C43H39BF10NOP/c2*1-21-16-23(3)42(24(4)17-21)57(43-25(5)18-22(2)19-26(43)6)29-15-11-10-14-28(29)44(55(57)56-20-27-12-8-7-9-13-27,30-32(45)36(49)40(53)37(50)33(30)46)31-34(47)38(51)41(54)39(52)35(31)48/h2*7-9,12-13,16-19,28-29H,10-11,14-15,20H2,1-6H3/t2*28-,29-/m10/s1. The second kappa shape index (κ2) is 31.1. The van der Waals surface area contributed by atoms with Crippen LogP contribution in [0.25, 0.3) is 0 Å². The Balaban J connectivity index is 0.000000199. The van der Waals surface area contributed by atoms with E-state index in [1.54, 1.807) is 116 Å². The van der Waals surface area contributed by atoms with Crippen LogP contribution >= 0.6 is 14.1 Å². The van der Waals surface area contributed by atoms with Gasteiger partial charge in [-0.3, -0.25) is 8.80 Å². The van der Waals surface area contributed by atoms with Gasteiger partial charge in [-0.1, -0.05) is 203 Å². The van der Waals surface area contributed by atoms with Crippen LogP contribution in [0, 0.1) is 199 Å². The quantitative estimate of drug-likeness (QED) is 0.0356. The molecule has 114 heavy (non-hydrogen) atoms. The summed E-state index contributed by atoms with van der Waals surface area (Å²) in [6.45, 7) is 20.7. The number of aryl methyl sites for hydroxylation is 12. The fourth-order valence-electron chi connectivity index (χ4n) is 21.1. The first-order chi connectivity index (χ1) is 53.9. The Morgan fingerprint density at radius 3 is 0.658 bits per heavy atom. The molecular formula is C86H78B2F20N2O2P2. The highest BCUT2D eigenvalue weighted by molar-refractivity contribution is 7.81. The SMILES string of the molecule is Cc1cc(C)c(P2(c3c(C)cc(C)cc3C)=[N+](OCc3ccccc3)[B-](c3c(F)c(F)c(F)c(F)c3F)(c3c(F)c(F)c(F)c(F)c3F)[C@@H]3CCCC[C@H]32)c(C)c1.Cc1cc(C)c(P2(c3c(C)cc(C)cc3C)=[N+](OCc3ccccc3)[B-](c3c(F)c(F)c(F)c(F)c3F)(c3c(F)c(F)c(F)c(F)c3F)[C@H]3CCCC[C@@H]32)c(C)c1. The third-order valence-corrected chi connectivity index (χ3v) is 35.1. The van der Waals surface area contributed by atoms with Crippen molar-refractivity contribution in [2.45, 2.75) is 171 Å². The summed E-state index contributed by atoms with van der Waals surface area (Å²) in [6.07, 6.45) is -7.54. The fourth-order valence-corrected chi connectivity index (χ4v) is 34.5. The van der Waals surface area contributed by atoms with Crippen molar-refractivity contribution >= 4 is 69.7 Å². The van der Waals surface area contributed by atoms with Gasteiger partial charge in [-0.2, -0.15) is 9.68 Å². The molecule has 2 aliphatic heterocycles. The van der Waals surface area contributed by atoms with Crippen LogP contribution < -0.4 is 43.1 Å². The van der Waals surface area contributed by atoms with Crippen LogP contribution in [-0.2, 0) is 22.9 Å². The summed E-state index contributed by atoms with van der Waals surface area (Å²) in [5, 5.41) is 2.18. The molecule has 2 aliphatic carbocycles. The normalized spacial score (nSPS) is 18.6. The minimum absolute atomic E-state index is 0.148. The smallest absolute Gasteiger partial charge is 0.290 e. The van der Waals surface area contributed by atoms with Gasteiger partial charge in [-0.25, -0.2) is 87.8 Å². The van der Waals surface area contributed by atoms with Gasteiger partial charge in [0.05, 0.1) is 0 Å². The number of halogens is 20. The number of fused-ring (bicyclic) bond motifs is 2. The zero-order valence-corrected chi connectivity index (χ0v) is 65.9. The van der Waals surface area contributed by atoms with Crippen molar-refractivity contribution in [2.24, 2.45) is 0 Å². The second-order valence-electron chi connectivity index (χ2n) is 31.2. The summed E-state index contributed by atoms with van der Waals surface area (Å²) in [5.41, 5.74) is 0.463. The summed E-state index contributed by atoms with van der Waals surface area (Å²) in [4.78, 5) is 13.6. The molecule has 2 heterocycles. The van der Waals surface area contributed by atoms with Gasteiger partial charge in [0, 0.05) is 32.5 Å². The van der Waals surface area contributed by atoms with E-state index in [0.29, 0.717) is 89.7 Å². The highest BCUT2D eigenvalue weighted by Gasteiger charge is 2.73. The molecule has 28 heteroatoms. The molecule has 0 N–H and O–H groups in total. The molecule has 0 aromatic heterocycles. The van der Waals surface area contributed by atoms with Crippen LogP contribution in [-0.4, -0.2) is 32.7 Å². The van der Waals surface area contributed by atoms with Crippen LogP contribution in [0.1, 0.15) is 129 Å². The number of hydrogen-bond acceptors (Lipinski definition) is 2. The van der Waals surface area contributed by atoms with Crippen LogP contribution in [0.5, 0.6) is 0 Å². The third-order valence-electron chi connectivity index (χ3n) is 24.1. The maximum atomic E-state index is 17.0. The van der Waals surface area contributed by atoms with E-state index in [0.717, 1.165) is 31.1 Å². The van der Waals surface area contributed by atoms with Crippen molar-refractivity contribution < 1.29 is 106 Å². The van der Waals surface area contributed by atoms with Crippen molar-refractivity contribution in [1.29, 1.82) is 0 Å². The zero-order valence-electron chi connectivity index (χ0n) is 64.1. The molecule has 0 saturated heterocycles. The Bertz CT molecular complexity index is 4960. The van der Waals surface area contributed by atoms with E-state index in [1.165, 1.54) is 0 Å². The van der Waals surface area contributed by atoms with Gasteiger partial charge in [-0.15, -0.1) is 0 Å². The van der Waals surface area contributed by atoms with Crippen molar-refractivity contribution in [2.75, 3.05) is 0 Å². The van der Waals surface area contributed by atoms with Crippen molar-refractivity contribution in [3.05, 3.63) is 303 Å². The third kappa shape index (κ3) is 12.4. The lowest BCUT2D eigenvalue weighted by atomic mass is 9.20. The molecule has 2 fully saturated rings. The van der Waals surface area contributed by atoms with Gasteiger partial charge < -0.3 is 0 Å². The Labute approximate surface area is 647 Å². The molecular weight excluding hydrogens is 1560 g/mol. The molecule has 4 atom stereocenters. The van der Waals surface area contributed by atoms with E-state index in [4.69, 9.17) is 9.68 Å². The average molecular weight is 1640 g/mol. The van der Waals surface area contributed by atoms with Crippen molar-refractivity contribution in [3.8, 4) is 0 Å². The van der Waals surface area contributed by atoms with Gasteiger partial charge in [-0.05, 0) is 152 Å². The van der Waals surface area contributed by atoms with E-state index in [9.17, 15) is 17.6 Å². The van der Waals surface area contributed by atoms with Crippen LogP contribution in [0.15, 0.2) is 109 Å². The Kier molecular flexibility index (Phi) is 22.7. The van der Waals surface area contributed by atoms with E-state index in [-0.39, 0.29) is 38.5 Å². The molecule has 4 aliphatic rings. The van der Waals surface area contributed by atoms with E-state index >= 15 is 70.2 Å². The summed E-state index contributed by atoms with van der Waals surface area (Å²) < 4.78 is 324. The topological polar surface area (TPSA) is 24.5 Å². The molecule has 4 nitrogen and oxygen atoms in total. The molecule has 0 amide bonds. The van der Waals surface area contributed by atoms with Crippen molar-refractivity contribution in [3.63, 3.8) is 0 Å². The van der Waals surface area contributed by atoms with Crippen molar-refractivity contribution in [1.82, 2.24) is 0 Å². The molecule has 0 bridgehead atoms. The van der Waals surface area contributed by atoms with E-state index < -0.39 is 201 Å². The summed E-state index contributed by atoms with van der Waals surface area (Å²) in [5.74, 6) is -52.3. The lowest BCUT2D eigenvalue weighted by Gasteiger charge is -2.41. The molecule has 0 radical (unpaired) electrons. The van der Waals surface area contributed by atoms with Gasteiger partial charge in [0.25, 0.3) is 0 Å². The summed E-state index contributed by atoms with van der Waals surface area (Å²) >= 11 is 0. The van der Waals surface area contributed by atoms with Gasteiger partial charge >= 0.3 is 12.6 Å². The van der Waals surface area contributed by atoms with E-state index in [2.05, 4.69) is 0 Å². The molecule has 0 spiro atoms. The average Bonchev–Trinajstić information content (AvgIpc) is 1.49. The first-order valence-electron chi connectivity index (χ1n) is 37.3. The monoisotopic (exact) mass is 1630 g/mol. The van der Waals surface area contributed by atoms with Crippen LogP contribution in [0.4, 0.5) is 87.8 Å². The van der Waals surface area contributed by atoms with Crippen LogP contribution in [0.3, 0.4) is 0 Å². The predicted molar refractivity (Wildman–Crippen MR) is 405 cm³/mol. The number of nitrogens with zero attached hydrogens (tertiary/aromatic N) is 2. The highest BCUT2D eigenvalue weighted by Crippen LogP contribution is 2.72. The lowest BCUT2D eigenvalue weighted by molar-refractivity contribution is -0.687. The Morgan fingerprint density at radius 1 is 0.272 bits per heavy atom. The first kappa shape index (κ1) is 83.3. The number of benzene rings is 10. The first-order valence-corrected chi connectivity index (χ1v) is 40.9. The maximum absolute atomic E-state index is 17.0. The molecule has 2 saturated carbocycles. The molecule has 600 valence electrons. The van der Waals surface area contributed by atoms with Crippen LogP contribution in [0.2, 0.25) is 11.6 Å².